The van der Waals surface area contributed by atoms with E-state index in [4.69, 9.17) is 9.47 Å². The van der Waals surface area contributed by atoms with Crippen molar-refractivity contribution < 1.29 is 18.7 Å². The van der Waals surface area contributed by atoms with Crippen LogP contribution in [0.1, 0.15) is 16.1 Å². The van der Waals surface area contributed by atoms with Gasteiger partial charge < -0.3 is 14.4 Å². The Hall–Kier alpha value is -3.35. The van der Waals surface area contributed by atoms with Crippen molar-refractivity contribution >= 4 is 5.91 Å². The van der Waals surface area contributed by atoms with Gasteiger partial charge in [-0.2, -0.15) is 0 Å². The van der Waals surface area contributed by atoms with Crippen LogP contribution in [0.15, 0.2) is 55.0 Å². The molecule has 2 aromatic carbocycles. The monoisotopic (exact) mass is 383 g/mol. The topological polar surface area (TPSA) is 56.6 Å². The van der Waals surface area contributed by atoms with E-state index in [2.05, 4.69) is 4.98 Å². The number of nitrogens with zero attached hydrogens (tertiary/aromatic N) is 3. The van der Waals surface area contributed by atoms with Gasteiger partial charge in [0.2, 0.25) is 0 Å². The summed E-state index contributed by atoms with van der Waals surface area (Å²) in [7, 11) is 4.92. The fraction of sp³-hybridized carbons (Fsp3) is 0.238. The number of benzene rings is 2. The second-order valence-corrected chi connectivity index (χ2v) is 6.29. The molecular formula is C21H22FN3O3. The summed E-state index contributed by atoms with van der Waals surface area (Å²) < 4.78 is 25.4. The van der Waals surface area contributed by atoms with Crippen molar-refractivity contribution in [3.8, 4) is 17.2 Å². The Bertz CT molecular complexity index is 954. The molecule has 0 saturated heterocycles. The van der Waals surface area contributed by atoms with Crippen LogP contribution in [-0.2, 0) is 6.42 Å². The van der Waals surface area contributed by atoms with E-state index >= 15 is 0 Å². The minimum Gasteiger partial charge on any atom is -0.493 e. The standard InChI is InChI=1S/C21H22FN3O3/c1-24(11-10-15-4-9-19(27-2)20(12-15)28-3)21(26)18-13-23-14-25(18)17-7-5-16(22)6-8-17/h4-9,12-14H,10-11H2,1-3H3. The highest BCUT2D eigenvalue weighted by Crippen LogP contribution is 2.27. The number of carbonyl (C=O) groups excluding carboxylic acids is 1. The number of rotatable bonds is 7. The molecule has 0 radical (unpaired) electrons. The molecule has 1 heterocycles. The van der Waals surface area contributed by atoms with E-state index in [1.807, 2.05) is 18.2 Å². The lowest BCUT2D eigenvalue weighted by molar-refractivity contribution is 0.0788. The average Bonchev–Trinajstić information content (AvgIpc) is 3.21. The van der Waals surface area contributed by atoms with Gasteiger partial charge in [0, 0.05) is 19.3 Å². The first kappa shape index (κ1) is 19.4. The Morgan fingerprint density at radius 1 is 1.11 bits per heavy atom. The molecule has 1 amide bonds. The van der Waals surface area contributed by atoms with E-state index in [0.717, 1.165) is 5.56 Å². The van der Waals surface area contributed by atoms with Gasteiger partial charge in [0.1, 0.15) is 11.5 Å². The molecular weight excluding hydrogens is 361 g/mol. The summed E-state index contributed by atoms with van der Waals surface area (Å²) in [5.74, 6) is 0.827. The van der Waals surface area contributed by atoms with Crippen LogP contribution in [0.5, 0.6) is 11.5 Å². The van der Waals surface area contributed by atoms with Crippen LogP contribution in [0.3, 0.4) is 0 Å². The van der Waals surface area contributed by atoms with Crippen LogP contribution in [0.25, 0.3) is 5.69 Å². The summed E-state index contributed by atoms with van der Waals surface area (Å²) in [5, 5.41) is 0. The van der Waals surface area contributed by atoms with Crippen LogP contribution in [0.4, 0.5) is 4.39 Å². The highest BCUT2D eigenvalue weighted by Gasteiger charge is 2.17. The minimum absolute atomic E-state index is 0.165. The van der Waals surface area contributed by atoms with Gasteiger partial charge >= 0.3 is 0 Å². The number of carbonyl (C=O) groups is 1. The number of methoxy groups -OCH3 is 2. The van der Waals surface area contributed by atoms with E-state index < -0.39 is 0 Å². The second-order valence-electron chi connectivity index (χ2n) is 6.29. The summed E-state index contributed by atoms with van der Waals surface area (Å²) in [6, 6.07) is 11.6. The van der Waals surface area contributed by atoms with Gasteiger partial charge in [-0.15, -0.1) is 0 Å². The lowest BCUT2D eigenvalue weighted by atomic mass is 10.1. The molecule has 0 fully saturated rings. The van der Waals surface area contributed by atoms with E-state index in [-0.39, 0.29) is 11.7 Å². The Morgan fingerprint density at radius 3 is 2.50 bits per heavy atom. The molecule has 146 valence electrons. The van der Waals surface area contributed by atoms with Crippen LogP contribution < -0.4 is 9.47 Å². The molecule has 0 aliphatic heterocycles. The molecule has 0 aliphatic carbocycles. The summed E-state index contributed by atoms with van der Waals surface area (Å²) >= 11 is 0. The van der Waals surface area contributed by atoms with Crippen molar-refractivity contribution in [2.75, 3.05) is 27.8 Å². The lowest BCUT2D eigenvalue weighted by Crippen LogP contribution is -2.30. The highest BCUT2D eigenvalue weighted by molar-refractivity contribution is 5.92. The van der Waals surface area contributed by atoms with Crippen molar-refractivity contribution in [1.29, 1.82) is 0 Å². The number of imidazole rings is 1. The van der Waals surface area contributed by atoms with Crippen molar-refractivity contribution in [3.05, 3.63) is 72.1 Å². The van der Waals surface area contributed by atoms with Crippen LogP contribution in [0.2, 0.25) is 0 Å². The van der Waals surface area contributed by atoms with E-state index in [1.54, 1.807) is 49.2 Å². The number of hydrogen-bond acceptors (Lipinski definition) is 4. The predicted octanol–water partition coefficient (Wildman–Crippen LogP) is 3.34. The zero-order valence-corrected chi connectivity index (χ0v) is 16.1. The SMILES string of the molecule is COc1ccc(CCN(C)C(=O)c2cncn2-c2ccc(F)cc2)cc1OC. The lowest BCUT2D eigenvalue weighted by Gasteiger charge is -2.18. The summed E-state index contributed by atoms with van der Waals surface area (Å²) in [6.45, 7) is 0.517. The molecule has 0 saturated carbocycles. The van der Waals surface area contributed by atoms with Crippen LogP contribution in [0, 0.1) is 5.82 Å². The smallest absolute Gasteiger partial charge is 0.272 e. The first-order valence-electron chi connectivity index (χ1n) is 8.78. The zero-order valence-electron chi connectivity index (χ0n) is 16.1. The van der Waals surface area contributed by atoms with Crippen molar-refractivity contribution in [3.63, 3.8) is 0 Å². The maximum Gasteiger partial charge on any atom is 0.272 e. The maximum absolute atomic E-state index is 13.2. The zero-order chi connectivity index (χ0) is 20.1. The van der Waals surface area contributed by atoms with E-state index in [9.17, 15) is 9.18 Å². The highest BCUT2D eigenvalue weighted by atomic mass is 19.1. The molecule has 3 aromatic rings. The molecule has 0 bridgehead atoms. The summed E-state index contributed by atoms with van der Waals surface area (Å²) in [5.41, 5.74) is 2.13. The summed E-state index contributed by atoms with van der Waals surface area (Å²) in [6.07, 6.45) is 3.72. The molecule has 0 atom stereocenters. The molecule has 0 unspecified atom stereocenters. The Morgan fingerprint density at radius 2 is 1.82 bits per heavy atom. The molecule has 6 nitrogen and oxygen atoms in total. The third kappa shape index (κ3) is 4.14. The molecule has 0 spiro atoms. The largest absolute Gasteiger partial charge is 0.493 e. The van der Waals surface area contributed by atoms with Gasteiger partial charge in [0.25, 0.3) is 5.91 Å². The van der Waals surface area contributed by atoms with Gasteiger partial charge in [-0.3, -0.25) is 9.36 Å². The molecule has 7 heteroatoms. The normalized spacial score (nSPS) is 10.6. The summed E-state index contributed by atoms with van der Waals surface area (Å²) in [4.78, 5) is 18.6. The Kier molecular flexibility index (Phi) is 5.93. The van der Waals surface area contributed by atoms with E-state index in [1.165, 1.54) is 18.3 Å². The molecule has 28 heavy (non-hydrogen) atoms. The number of amides is 1. The van der Waals surface area contributed by atoms with Gasteiger partial charge in [-0.05, 0) is 48.4 Å². The first-order chi connectivity index (χ1) is 13.5. The van der Waals surface area contributed by atoms with Gasteiger partial charge in [0.05, 0.1) is 26.7 Å². The first-order valence-corrected chi connectivity index (χ1v) is 8.78. The number of likely N-dealkylation sites (N-methyl/N-ethyl adjacent to an activating group) is 1. The fourth-order valence-electron chi connectivity index (χ4n) is 2.89. The Balaban J connectivity index is 1.70. The van der Waals surface area contributed by atoms with E-state index in [0.29, 0.717) is 35.8 Å². The number of hydrogen-bond donors (Lipinski definition) is 0. The third-order valence-electron chi connectivity index (χ3n) is 4.49. The number of aromatic nitrogens is 2. The second kappa shape index (κ2) is 8.56. The number of halogens is 1. The number of ether oxygens (including phenoxy) is 2. The van der Waals surface area contributed by atoms with Crippen molar-refractivity contribution in [2.45, 2.75) is 6.42 Å². The maximum atomic E-state index is 13.2. The Labute approximate surface area is 163 Å². The van der Waals surface area contributed by atoms with Crippen LogP contribution >= 0.6 is 0 Å². The van der Waals surface area contributed by atoms with Crippen LogP contribution in [-0.4, -0.2) is 48.2 Å². The molecule has 1 aromatic heterocycles. The molecule has 0 N–H and O–H groups in total. The molecule has 0 aliphatic rings. The van der Waals surface area contributed by atoms with Gasteiger partial charge in [0.15, 0.2) is 11.5 Å². The minimum atomic E-state index is -0.330. The quantitative estimate of drug-likeness (QED) is 0.628. The van der Waals surface area contributed by atoms with Crippen molar-refractivity contribution in [1.82, 2.24) is 14.5 Å². The molecule has 3 rings (SSSR count). The fourth-order valence-corrected chi connectivity index (χ4v) is 2.89. The van der Waals surface area contributed by atoms with Gasteiger partial charge in [-0.1, -0.05) is 6.07 Å². The van der Waals surface area contributed by atoms with Gasteiger partial charge in [-0.25, -0.2) is 9.37 Å². The third-order valence-corrected chi connectivity index (χ3v) is 4.49. The predicted molar refractivity (Wildman–Crippen MR) is 104 cm³/mol. The average molecular weight is 383 g/mol. The van der Waals surface area contributed by atoms with Crippen molar-refractivity contribution in [2.24, 2.45) is 0 Å².